The molecule has 0 radical (unpaired) electrons. The fraction of sp³-hybridized carbons (Fsp3) is 0.591. The number of hydrogen-bond acceptors (Lipinski definition) is 8. The van der Waals surface area contributed by atoms with Gasteiger partial charge in [0, 0.05) is 13.1 Å². The molecule has 0 aliphatic carbocycles. The zero-order valence-corrected chi connectivity index (χ0v) is 19.5. The molecule has 180 valence electrons. The van der Waals surface area contributed by atoms with Crippen LogP contribution < -0.4 is 4.90 Å². The summed E-state index contributed by atoms with van der Waals surface area (Å²) in [4.78, 5) is 40.9. The summed E-state index contributed by atoms with van der Waals surface area (Å²) >= 11 is 0. The van der Waals surface area contributed by atoms with Gasteiger partial charge < -0.3 is 9.47 Å². The van der Waals surface area contributed by atoms with E-state index in [9.17, 15) is 22.8 Å². The molecule has 3 aliphatic rings. The third-order valence-corrected chi connectivity index (χ3v) is 8.33. The summed E-state index contributed by atoms with van der Waals surface area (Å²) in [6.07, 6.45) is 1.24. The fourth-order valence-corrected chi connectivity index (χ4v) is 5.99. The van der Waals surface area contributed by atoms with Crippen molar-refractivity contribution in [1.82, 2.24) is 9.21 Å². The smallest absolute Gasteiger partial charge is 0.309 e. The second-order valence-corrected chi connectivity index (χ2v) is 10.3. The van der Waals surface area contributed by atoms with Crippen LogP contribution >= 0.6 is 0 Å². The molecule has 33 heavy (non-hydrogen) atoms. The van der Waals surface area contributed by atoms with Crippen molar-refractivity contribution < 1.29 is 32.3 Å². The highest BCUT2D eigenvalue weighted by Crippen LogP contribution is 2.30. The van der Waals surface area contributed by atoms with Gasteiger partial charge in [-0.3, -0.25) is 19.3 Å². The molecule has 0 spiro atoms. The van der Waals surface area contributed by atoms with Gasteiger partial charge in [-0.05, 0) is 57.1 Å². The van der Waals surface area contributed by atoms with E-state index in [1.807, 2.05) is 4.90 Å². The molecule has 3 aliphatic heterocycles. The average molecular weight is 480 g/mol. The zero-order chi connectivity index (χ0) is 23.6. The molecular weight excluding hydrogens is 450 g/mol. The third kappa shape index (κ3) is 4.81. The van der Waals surface area contributed by atoms with Crippen LogP contribution in [0.5, 0.6) is 0 Å². The molecule has 0 bridgehead atoms. The lowest BCUT2D eigenvalue weighted by Gasteiger charge is -2.33. The van der Waals surface area contributed by atoms with E-state index in [1.165, 1.54) is 28.6 Å². The Morgan fingerprint density at radius 1 is 1.06 bits per heavy atom. The van der Waals surface area contributed by atoms with Gasteiger partial charge in [-0.25, -0.2) is 13.3 Å². The lowest BCUT2D eigenvalue weighted by atomic mass is 9.95. The lowest BCUT2D eigenvalue weighted by molar-refractivity contribution is -0.149. The Morgan fingerprint density at radius 2 is 1.70 bits per heavy atom. The minimum absolute atomic E-state index is 0.0662. The minimum atomic E-state index is -3.65. The molecule has 0 aromatic heterocycles. The summed E-state index contributed by atoms with van der Waals surface area (Å²) in [5.41, 5.74) is 0.356. The molecule has 3 heterocycles. The number of benzene rings is 1. The zero-order valence-electron chi connectivity index (χ0n) is 18.6. The summed E-state index contributed by atoms with van der Waals surface area (Å²) < 4.78 is 37.3. The third-order valence-electron chi connectivity index (χ3n) is 6.42. The first-order chi connectivity index (χ1) is 15.8. The number of likely N-dealkylation sites (tertiary alicyclic amines) is 1. The van der Waals surface area contributed by atoms with Gasteiger partial charge in [0.2, 0.25) is 15.9 Å². The Labute approximate surface area is 193 Å². The molecule has 4 rings (SSSR count). The number of rotatable bonds is 6. The van der Waals surface area contributed by atoms with E-state index in [-0.39, 0.29) is 35.0 Å². The molecule has 0 saturated carbocycles. The van der Waals surface area contributed by atoms with Crippen LogP contribution in [0.15, 0.2) is 29.2 Å². The number of carbonyl (C=O) groups excluding carboxylic acids is 3. The molecule has 3 saturated heterocycles. The number of carbonyl (C=O) groups is 3. The van der Waals surface area contributed by atoms with Crippen molar-refractivity contribution in [3.63, 3.8) is 0 Å². The van der Waals surface area contributed by atoms with Crippen molar-refractivity contribution in [3.05, 3.63) is 24.3 Å². The van der Waals surface area contributed by atoms with Crippen molar-refractivity contribution in [3.8, 4) is 0 Å². The second kappa shape index (κ2) is 9.88. The highest BCUT2D eigenvalue weighted by atomic mass is 32.2. The largest absolute Gasteiger partial charge is 0.466 e. The number of piperidine rings is 1. The van der Waals surface area contributed by atoms with Gasteiger partial charge in [0.05, 0.1) is 48.8 Å². The maximum atomic E-state index is 13.1. The summed E-state index contributed by atoms with van der Waals surface area (Å²) in [7, 11) is -3.65. The van der Waals surface area contributed by atoms with Gasteiger partial charge in [-0.15, -0.1) is 0 Å². The molecule has 1 atom stereocenters. The molecule has 11 heteroatoms. The van der Waals surface area contributed by atoms with Crippen molar-refractivity contribution in [1.29, 1.82) is 0 Å². The Kier molecular flexibility index (Phi) is 7.13. The molecule has 1 aromatic carbocycles. The summed E-state index contributed by atoms with van der Waals surface area (Å²) in [6, 6.07) is 5.28. The number of sulfonamides is 1. The summed E-state index contributed by atoms with van der Waals surface area (Å²) in [5, 5.41) is 0. The van der Waals surface area contributed by atoms with Crippen LogP contribution in [-0.4, -0.2) is 87.4 Å². The highest BCUT2D eigenvalue weighted by Gasteiger charge is 2.44. The lowest BCUT2D eigenvalue weighted by Crippen LogP contribution is -2.47. The van der Waals surface area contributed by atoms with Crippen LogP contribution in [-0.2, 0) is 33.9 Å². The summed E-state index contributed by atoms with van der Waals surface area (Å²) in [5.74, 6) is -1.02. The normalized spacial score (nSPS) is 23.8. The van der Waals surface area contributed by atoms with Crippen molar-refractivity contribution >= 4 is 33.5 Å². The standard InChI is InChI=1S/C22H29N3O7S/c1-2-32-22(28)16-7-9-23(10-8-16)19-15-20(26)25(21(19)27)17-3-5-18(6-4-17)33(29,30)24-11-13-31-14-12-24/h3-6,16,19H,2,7-15H2,1H3/t19-/m0/s1. The minimum Gasteiger partial charge on any atom is -0.466 e. The molecule has 10 nitrogen and oxygen atoms in total. The monoisotopic (exact) mass is 479 g/mol. The van der Waals surface area contributed by atoms with E-state index in [0.717, 1.165) is 4.90 Å². The molecule has 0 unspecified atom stereocenters. The number of anilines is 1. The molecule has 0 N–H and O–H groups in total. The average Bonchev–Trinajstić information content (AvgIpc) is 3.13. The van der Waals surface area contributed by atoms with Crippen LogP contribution in [0.4, 0.5) is 5.69 Å². The number of esters is 1. The van der Waals surface area contributed by atoms with Crippen LogP contribution in [0.2, 0.25) is 0 Å². The quantitative estimate of drug-likeness (QED) is 0.431. The van der Waals surface area contributed by atoms with Gasteiger partial charge in [0.15, 0.2) is 0 Å². The van der Waals surface area contributed by atoms with Crippen LogP contribution in [0, 0.1) is 5.92 Å². The van der Waals surface area contributed by atoms with E-state index < -0.39 is 16.1 Å². The van der Waals surface area contributed by atoms with Gasteiger partial charge in [0.25, 0.3) is 5.91 Å². The summed E-state index contributed by atoms with van der Waals surface area (Å²) in [6.45, 7) is 4.49. The maximum Gasteiger partial charge on any atom is 0.309 e. The van der Waals surface area contributed by atoms with Gasteiger partial charge >= 0.3 is 5.97 Å². The van der Waals surface area contributed by atoms with Crippen LogP contribution in [0.1, 0.15) is 26.2 Å². The number of hydrogen-bond donors (Lipinski definition) is 0. The molecule has 3 fully saturated rings. The Hall–Kier alpha value is -2.34. The van der Waals surface area contributed by atoms with Gasteiger partial charge in [-0.1, -0.05) is 0 Å². The van der Waals surface area contributed by atoms with Crippen molar-refractivity contribution in [2.24, 2.45) is 5.92 Å². The van der Waals surface area contributed by atoms with Crippen molar-refractivity contribution in [2.45, 2.75) is 37.1 Å². The topological polar surface area (TPSA) is 114 Å². The molecule has 1 aromatic rings. The SMILES string of the molecule is CCOC(=O)C1CCN([C@H]2CC(=O)N(c3ccc(S(=O)(=O)N4CCOCC4)cc3)C2=O)CC1. The van der Waals surface area contributed by atoms with Gasteiger partial charge in [0.1, 0.15) is 0 Å². The van der Waals surface area contributed by atoms with Crippen LogP contribution in [0.25, 0.3) is 0 Å². The number of ether oxygens (including phenoxy) is 2. The Bertz CT molecular complexity index is 997. The van der Waals surface area contributed by atoms with Crippen molar-refractivity contribution in [2.75, 3.05) is 50.9 Å². The van der Waals surface area contributed by atoms with E-state index in [2.05, 4.69) is 0 Å². The first-order valence-electron chi connectivity index (χ1n) is 11.3. The van der Waals surface area contributed by atoms with E-state index >= 15 is 0 Å². The predicted octanol–water partition coefficient (Wildman–Crippen LogP) is 0.615. The number of amides is 2. The predicted molar refractivity (Wildman–Crippen MR) is 118 cm³/mol. The van der Waals surface area contributed by atoms with E-state index in [0.29, 0.717) is 64.5 Å². The number of nitrogens with zero attached hydrogens (tertiary/aromatic N) is 3. The van der Waals surface area contributed by atoms with E-state index in [1.54, 1.807) is 6.92 Å². The fourth-order valence-electron chi connectivity index (χ4n) is 4.58. The number of morpholine rings is 1. The second-order valence-electron chi connectivity index (χ2n) is 8.36. The molecular formula is C22H29N3O7S. The first-order valence-corrected chi connectivity index (χ1v) is 12.7. The highest BCUT2D eigenvalue weighted by molar-refractivity contribution is 7.89. The van der Waals surface area contributed by atoms with Crippen LogP contribution in [0.3, 0.4) is 0 Å². The number of imide groups is 1. The Morgan fingerprint density at radius 3 is 2.30 bits per heavy atom. The molecule has 2 amide bonds. The first kappa shape index (κ1) is 23.8. The van der Waals surface area contributed by atoms with E-state index in [4.69, 9.17) is 9.47 Å². The maximum absolute atomic E-state index is 13.1. The Balaban J connectivity index is 1.42. The van der Waals surface area contributed by atoms with Gasteiger partial charge in [-0.2, -0.15) is 4.31 Å².